The average Bonchev–Trinajstić information content (AvgIpc) is 2.47. The van der Waals surface area contributed by atoms with Gasteiger partial charge in [-0.15, -0.1) is 0 Å². The van der Waals surface area contributed by atoms with Crippen LogP contribution >= 0.6 is 0 Å². The minimum absolute atomic E-state index is 0.176. The monoisotopic (exact) mass is 302 g/mol. The molecule has 0 bridgehead atoms. The fraction of sp³-hybridized carbons (Fsp3) is 0.647. The van der Waals surface area contributed by atoms with Crippen LogP contribution in [0.2, 0.25) is 0 Å². The van der Waals surface area contributed by atoms with Gasteiger partial charge >= 0.3 is 11.9 Å². The van der Waals surface area contributed by atoms with Gasteiger partial charge in [-0.05, 0) is 12.8 Å². The highest BCUT2D eigenvalue weighted by Crippen LogP contribution is 2.09. The highest BCUT2D eigenvalue weighted by Gasteiger charge is 1.94. The van der Waals surface area contributed by atoms with Gasteiger partial charge in [-0.25, -0.2) is 9.59 Å². The second-order valence-corrected chi connectivity index (χ2v) is 4.28. The molecule has 0 rings (SSSR count). The summed E-state index contributed by atoms with van der Waals surface area (Å²) in [6, 6.07) is 0. The molecule has 0 heterocycles. The van der Waals surface area contributed by atoms with E-state index < -0.39 is 11.9 Å². The second kappa shape index (κ2) is 23.5. The van der Waals surface area contributed by atoms with Crippen LogP contribution in [0.5, 0.6) is 0 Å². The molecule has 0 saturated heterocycles. The van der Waals surface area contributed by atoms with Gasteiger partial charge in [0, 0.05) is 11.6 Å². The molecule has 0 aliphatic heterocycles. The van der Waals surface area contributed by atoms with Crippen molar-refractivity contribution in [2.24, 2.45) is 5.92 Å². The standard InChI is InChI=1S/C8H18.C4H6O2.C3H4O2.C2H6/c1-4-6-7-8(3)5-2;1-3(2)4(5)6;1-2-3(4)5;1-2/h8H,4-7H2,1-3H3;1H2,2H3,(H,5,6);2H,1H2,(H,4,5);1-2H3. The van der Waals surface area contributed by atoms with E-state index in [9.17, 15) is 9.59 Å². The van der Waals surface area contributed by atoms with E-state index in [1.807, 2.05) is 13.8 Å². The minimum Gasteiger partial charge on any atom is -0.478 e. The van der Waals surface area contributed by atoms with Crippen LogP contribution in [0.15, 0.2) is 24.8 Å². The van der Waals surface area contributed by atoms with Crippen molar-refractivity contribution in [2.75, 3.05) is 0 Å². The number of aliphatic carboxylic acids is 2. The second-order valence-electron chi connectivity index (χ2n) is 4.28. The Balaban J connectivity index is -0.0000000998. The molecule has 0 aliphatic carbocycles. The minimum atomic E-state index is -0.981. The van der Waals surface area contributed by atoms with Crippen molar-refractivity contribution in [3.8, 4) is 0 Å². The van der Waals surface area contributed by atoms with Crippen molar-refractivity contribution in [2.45, 2.75) is 67.2 Å². The summed E-state index contributed by atoms with van der Waals surface area (Å²) in [5, 5.41) is 15.5. The van der Waals surface area contributed by atoms with E-state index in [0.717, 1.165) is 12.0 Å². The predicted octanol–water partition coefficient (Wildman–Crippen LogP) is 5.15. The van der Waals surface area contributed by atoms with E-state index in [2.05, 4.69) is 33.9 Å². The van der Waals surface area contributed by atoms with Crippen molar-refractivity contribution in [3.63, 3.8) is 0 Å². The van der Waals surface area contributed by atoms with Crippen LogP contribution in [-0.2, 0) is 9.59 Å². The molecule has 0 saturated carbocycles. The molecule has 4 heteroatoms. The third-order valence-corrected chi connectivity index (χ3v) is 2.29. The molecule has 0 amide bonds. The quantitative estimate of drug-likeness (QED) is 0.665. The largest absolute Gasteiger partial charge is 0.478 e. The van der Waals surface area contributed by atoms with Gasteiger partial charge in [0.2, 0.25) is 0 Å². The SMILES string of the molecule is C=C(C)C(=O)O.C=CC(=O)O.CC.CCCCC(C)CC. The fourth-order valence-corrected chi connectivity index (χ4v) is 0.757. The molecule has 21 heavy (non-hydrogen) atoms. The zero-order valence-electron chi connectivity index (χ0n) is 14.6. The maximum atomic E-state index is 9.60. The molecule has 1 unspecified atom stereocenters. The van der Waals surface area contributed by atoms with E-state index >= 15 is 0 Å². The molecule has 4 nitrogen and oxygen atoms in total. The first kappa shape index (κ1) is 27.7. The number of hydrogen-bond acceptors (Lipinski definition) is 2. The van der Waals surface area contributed by atoms with Crippen LogP contribution in [0.4, 0.5) is 0 Å². The van der Waals surface area contributed by atoms with E-state index in [-0.39, 0.29) is 5.57 Å². The van der Waals surface area contributed by atoms with Crippen molar-refractivity contribution in [1.82, 2.24) is 0 Å². The normalized spacial score (nSPS) is 9.24. The lowest BCUT2D eigenvalue weighted by atomic mass is 10.0. The number of carbonyl (C=O) groups is 2. The highest BCUT2D eigenvalue weighted by atomic mass is 16.4. The zero-order valence-corrected chi connectivity index (χ0v) is 14.6. The summed E-state index contributed by atoms with van der Waals surface area (Å²) in [5.74, 6) is -0.963. The third kappa shape index (κ3) is 45.7. The highest BCUT2D eigenvalue weighted by molar-refractivity contribution is 5.84. The van der Waals surface area contributed by atoms with Crippen molar-refractivity contribution in [3.05, 3.63) is 24.8 Å². The first-order chi connectivity index (χ1) is 9.72. The van der Waals surface area contributed by atoms with Gasteiger partial charge in [-0.3, -0.25) is 0 Å². The lowest BCUT2D eigenvalue weighted by molar-refractivity contribution is -0.133. The molecule has 0 fully saturated rings. The van der Waals surface area contributed by atoms with Crippen LogP contribution in [-0.4, -0.2) is 22.2 Å². The lowest BCUT2D eigenvalue weighted by Gasteiger charge is -2.04. The van der Waals surface area contributed by atoms with Crippen molar-refractivity contribution >= 4 is 11.9 Å². The van der Waals surface area contributed by atoms with E-state index in [0.29, 0.717) is 0 Å². The summed E-state index contributed by atoms with van der Waals surface area (Å²) in [6.45, 7) is 18.4. The Kier molecular flexibility index (Phi) is 31.0. The predicted molar refractivity (Wildman–Crippen MR) is 90.6 cm³/mol. The molecule has 1 atom stereocenters. The molecular formula is C17H34O4. The Labute approximate surface area is 130 Å². The molecule has 2 N–H and O–H groups in total. The number of rotatable bonds is 6. The molecule has 0 spiro atoms. The molecule has 0 aromatic rings. The summed E-state index contributed by atoms with van der Waals surface area (Å²) in [4.78, 5) is 18.8. The molecule has 0 aromatic heterocycles. The number of carboxylic acids is 2. The summed E-state index contributed by atoms with van der Waals surface area (Å²) in [6.07, 6.45) is 6.37. The Bertz CT molecular complexity index is 258. The topological polar surface area (TPSA) is 74.6 Å². The lowest BCUT2D eigenvalue weighted by Crippen LogP contribution is -1.92. The van der Waals surface area contributed by atoms with Gasteiger partial charge in [0.05, 0.1) is 0 Å². The summed E-state index contributed by atoms with van der Waals surface area (Å²) in [5.41, 5.74) is 0.176. The van der Waals surface area contributed by atoms with Gasteiger partial charge in [-0.2, -0.15) is 0 Å². The molecule has 0 aromatic carbocycles. The van der Waals surface area contributed by atoms with Crippen LogP contribution in [0.3, 0.4) is 0 Å². The molecule has 0 radical (unpaired) electrons. The number of carboxylic acid groups (broad SMARTS) is 2. The fourth-order valence-electron chi connectivity index (χ4n) is 0.757. The molecule has 126 valence electrons. The summed E-state index contributed by atoms with van der Waals surface area (Å²) in [7, 11) is 0. The Morgan fingerprint density at radius 3 is 1.67 bits per heavy atom. The van der Waals surface area contributed by atoms with Crippen LogP contribution in [0.1, 0.15) is 67.2 Å². The summed E-state index contributed by atoms with van der Waals surface area (Å²) < 4.78 is 0. The number of hydrogen-bond donors (Lipinski definition) is 2. The van der Waals surface area contributed by atoms with Crippen LogP contribution < -0.4 is 0 Å². The Morgan fingerprint density at radius 1 is 1.19 bits per heavy atom. The summed E-state index contributed by atoms with van der Waals surface area (Å²) >= 11 is 0. The van der Waals surface area contributed by atoms with Gasteiger partial charge in [0.25, 0.3) is 0 Å². The van der Waals surface area contributed by atoms with E-state index in [4.69, 9.17) is 10.2 Å². The molecule has 0 aliphatic rings. The van der Waals surface area contributed by atoms with E-state index in [1.165, 1.54) is 32.6 Å². The average molecular weight is 302 g/mol. The maximum absolute atomic E-state index is 9.60. The first-order valence-corrected chi connectivity index (χ1v) is 7.46. The van der Waals surface area contributed by atoms with Crippen LogP contribution in [0.25, 0.3) is 0 Å². The van der Waals surface area contributed by atoms with Gasteiger partial charge in [0.1, 0.15) is 0 Å². The smallest absolute Gasteiger partial charge is 0.330 e. The van der Waals surface area contributed by atoms with Crippen molar-refractivity contribution < 1.29 is 19.8 Å². The van der Waals surface area contributed by atoms with Gasteiger partial charge < -0.3 is 10.2 Å². The van der Waals surface area contributed by atoms with Gasteiger partial charge in [-0.1, -0.05) is 73.5 Å². The van der Waals surface area contributed by atoms with Crippen LogP contribution in [0, 0.1) is 5.92 Å². The zero-order chi connectivity index (χ0) is 17.8. The van der Waals surface area contributed by atoms with Crippen molar-refractivity contribution in [1.29, 1.82) is 0 Å². The van der Waals surface area contributed by atoms with Gasteiger partial charge in [0.15, 0.2) is 0 Å². The Hall–Kier alpha value is -1.58. The first-order valence-electron chi connectivity index (χ1n) is 7.46. The molecular weight excluding hydrogens is 268 g/mol. The van der Waals surface area contributed by atoms with E-state index in [1.54, 1.807) is 0 Å². The Morgan fingerprint density at radius 2 is 1.52 bits per heavy atom. The third-order valence-electron chi connectivity index (χ3n) is 2.29. The maximum Gasteiger partial charge on any atom is 0.330 e. The number of unbranched alkanes of at least 4 members (excludes halogenated alkanes) is 1.